The maximum atomic E-state index is 11.4. The standard InChI is InChI=1S/C33H58O2/c1-7-33(35)19-18-31(5)24(21-33)8-9-25-27-11-10-26(32(27,6)17-14-28(25)31)22(2)29(34)20-23-12-15-30(3,4)16-13-23/h22-29,34-35H,7-21H2,1-6H3/t22-,24+,25-,26+,27-,28-,29+,31-,32+,33-/m0/s1. The number of aliphatic hydroxyl groups excluding tert-OH is 1. The summed E-state index contributed by atoms with van der Waals surface area (Å²) in [7, 11) is 0. The molecule has 2 nitrogen and oxygen atoms in total. The fourth-order valence-electron chi connectivity index (χ4n) is 11.1. The summed E-state index contributed by atoms with van der Waals surface area (Å²) in [6, 6.07) is 0. The molecule has 5 fully saturated rings. The van der Waals surface area contributed by atoms with Crippen molar-refractivity contribution in [3.05, 3.63) is 0 Å². The van der Waals surface area contributed by atoms with Crippen LogP contribution in [-0.4, -0.2) is 21.9 Å². The highest BCUT2D eigenvalue weighted by molar-refractivity contribution is 5.11. The van der Waals surface area contributed by atoms with E-state index in [-0.39, 0.29) is 6.10 Å². The molecule has 0 spiro atoms. The van der Waals surface area contributed by atoms with E-state index in [0.717, 1.165) is 55.3 Å². The summed E-state index contributed by atoms with van der Waals surface area (Å²) in [5.41, 5.74) is 1.00. The van der Waals surface area contributed by atoms with Crippen molar-refractivity contribution in [2.75, 3.05) is 0 Å². The van der Waals surface area contributed by atoms with E-state index in [9.17, 15) is 10.2 Å². The van der Waals surface area contributed by atoms with E-state index in [1.54, 1.807) is 0 Å². The van der Waals surface area contributed by atoms with Gasteiger partial charge in [0.05, 0.1) is 11.7 Å². The lowest BCUT2D eigenvalue weighted by Crippen LogP contribution is -2.56. The van der Waals surface area contributed by atoms with Crippen LogP contribution in [0.15, 0.2) is 0 Å². The van der Waals surface area contributed by atoms with Gasteiger partial charge in [0.15, 0.2) is 0 Å². The second-order valence-electron chi connectivity index (χ2n) is 15.9. The van der Waals surface area contributed by atoms with Crippen LogP contribution in [0.2, 0.25) is 0 Å². The quantitative estimate of drug-likeness (QED) is 0.409. The van der Waals surface area contributed by atoms with Crippen molar-refractivity contribution in [2.24, 2.45) is 57.7 Å². The average Bonchev–Trinajstić information content (AvgIpc) is 3.17. The first-order valence-corrected chi connectivity index (χ1v) is 15.8. The summed E-state index contributed by atoms with van der Waals surface area (Å²) < 4.78 is 0. The minimum Gasteiger partial charge on any atom is -0.393 e. The Kier molecular flexibility index (Phi) is 7.04. The highest BCUT2D eigenvalue weighted by Crippen LogP contribution is 2.69. The van der Waals surface area contributed by atoms with Gasteiger partial charge in [-0.05, 0) is 154 Å². The van der Waals surface area contributed by atoms with Gasteiger partial charge in [0.2, 0.25) is 0 Å². The van der Waals surface area contributed by atoms with Crippen molar-refractivity contribution in [3.63, 3.8) is 0 Å². The van der Waals surface area contributed by atoms with Crippen molar-refractivity contribution in [1.82, 2.24) is 0 Å². The Morgan fingerprint density at radius 2 is 1.46 bits per heavy atom. The highest BCUT2D eigenvalue weighted by Gasteiger charge is 2.61. The summed E-state index contributed by atoms with van der Waals surface area (Å²) in [5, 5.41) is 22.5. The molecule has 0 aromatic carbocycles. The van der Waals surface area contributed by atoms with Crippen LogP contribution < -0.4 is 0 Å². The molecule has 202 valence electrons. The van der Waals surface area contributed by atoms with Gasteiger partial charge in [-0.15, -0.1) is 0 Å². The topological polar surface area (TPSA) is 40.5 Å². The Bertz CT molecular complexity index is 750. The van der Waals surface area contributed by atoms with Gasteiger partial charge in [-0.25, -0.2) is 0 Å². The van der Waals surface area contributed by atoms with Gasteiger partial charge < -0.3 is 10.2 Å². The number of hydrogen-bond acceptors (Lipinski definition) is 2. The number of hydrogen-bond donors (Lipinski definition) is 2. The van der Waals surface area contributed by atoms with E-state index in [4.69, 9.17) is 0 Å². The molecule has 5 rings (SSSR count). The van der Waals surface area contributed by atoms with Crippen molar-refractivity contribution in [2.45, 2.75) is 150 Å². The molecule has 0 aromatic heterocycles. The van der Waals surface area contributed by atoms with E-state index in [1.807, 2.05) is 0 Å². The van der Waals surface area contributed by atoms with Crippen molar-refractivity contribution >= 4 is 0 Å². The predicted molar refractivity (Wildman–Crippen MR) is 146 cm³/mol. The van der Waals surface area contributed by atoms with Gasteiger partial charge in [0, 0.05) is 0 Å². The zero-order chi connectivity index (χ0) is 25.2. The van der Waals surface area contributed by atoms with Crippen LogP contribution in [0.1, 0.15) is 138 Å². The Morgan fingerprint density at radius 3 is 2.14 bits per heavy atom. The molecule has 0 aliphatic heterocycles. The molecule has 0 bridgehead atoms. The molecular weight excluding hydrogens is 428 g/mol. The van der Waals surface area contributed by atoms with E-state index in [0.29, 0.717) is 28.1 Å². The lowest BCUT2D eigenvalue weighted by molar-refractivity contribution is -0.154. The second-order valence-corrected chi connectivity index (χ2v) is 15.9. The Labute approximate surface area is 217 Å². The van der Waals surface area contributed by atoms with Crippen LogP contribution in [0.4, 0.5) is 0 Å². The van der Waals surface area contributed by atoms with Crippen LogP contribution in [0.3, 0.4) is 0 Å². The molecule has 0 heterocycles. The predicted octanol–water partition coefficient (Wildman–Crippen LogP) is 8.39. The smallest absolute Gasteiger partial charge is 0.0648 e. The van der Waals surface area contributed by atoms with Crippen LogP contribution in [0.25, 0.3) is 0 Å². The number of aliphatic hydroxyl groups is 2. The molecular formula is C33H58O2. The van der Waals surface area contributed by atoms with E-state index >= 15 is 0 Å². The molecule has 2 heteroatoms. The molecule has 0 amide bonds. The van der Waals surface area contributed by atoms with Crippen LogP contribution in [0.5, 0.6) is 0 Å². The third-order valence-electron chi connectivity index (χ3n) is 13.8. The van der Waals surface area contributed by atoms with Crippen LogP contribution in [0, 0.1) is 57.7 Å². The molecule has 10 atom stereocenters. The first kappa shape index (κ1) is 26.5. The molecule has 35 heavy (non-hydrogen) atoms. The SMILES string of the molecule is CC[C@]1(O)CC[C@@]2(C)[C@H](CC[C@@H]3[C@@H]2CC[C@]2(C)[C@@H]([C@H](C)[C@H](O)CC4CCC(C)(C)CC4)CC[C@@H]32)C1. The molecule has 5 aliphatic rings. The number of fused-ring (bicyclic) bond motifs is 5. The molecule has 2 N–H and O–H groups in total. The lowest BCUT2D eigenvalue weighted by Gasteiger charge is -2.62. The van der Waals surface area contributed by atoms with E-state index in [2.05, 4.69) is 41.5 Å². The molecule has 0 radical (unpaired) electrons. The first-order valence-electron chi connectivity index (χ1n) is 15.8. The average molecular weight is 487 g/mol. The minimum atomic E-state index is -0.391. The van der Waals surface area contributed by atoms with Gasteiger partial charge in [-0.3, -0.25) is 0 Å². The van der Waals surface area contributed by atoms with Crippen LogP contribution in [-0.2, 0) is 0 Å². The Balaban J connectivity index is 1.25. The van der Waals surface area contributed by atoms with Gasteiger partial charge in [-0.2, -0.15) is 0 Å². The van der Waals surface area contributed by atoms with E-state index < -0.39 is 5.60 Å². The third-order valence-corrected chi connectivity index (χ3v) is 13.8. The maximum Gasteiger partial charge on any atom is 0.0648 e. The fourth-order valence-corrected chi connectivity index (χ4v) is 11.1. The summed E-state index contributed by atoms with van der Waals surface area (Å²) in [6.45, 7) is 14.7. The van der Waals surface area contributed by atoms with Gasteiger partial charge in [-0.1, -0.05) is 41.5 Å². The maximum absolute atomic E-state index is 11.4. The summed E-state index contributed by atoms with van der Waals surface area (Å²) in [4.78, 5) is 0. The van der Waals surface area contributed by atoms with Gasteiger partial charge in [0.1, 0.15) is 0 Å². The third kappa shape index (κ3) is 4.57. The van der Waals surface area contributed by atoms with Crippen molar-refractivity contribution in [3.8, 4) is 0 Å². The fraction of sp³-hybridized carbons (Fsp3) is 1.00. The summed E-state index contributed by atoms with van der Waals surface area (Å²) >= 11 is 0. The molecule has 5 aliphatic carbocycles. The zero-order valence-corrected chi connectivity index (χ0v) is 24.1. The lowest BCUT2D eigenvalue weighted by atomic mass is 9.43. The Hall–Kier alpha value is -0.0800. The highest BCUT2D eigenvalue weighted by atomic mass is 16.3. The van der Waals surface area contributed by atoms with E-state index in [1.165, 1.54) is 70.6 Å². The Morgan fingerprint density at radius 1 is 0.771 bits per heavy atom. The normalized spacial score (nSPS) is 49.5. The zero-order valence-electron chi connectivity index (χ0n) is 24.1. The van der Waals surface area contributed by atoms with Crippen LogP contribution >= 0.6 is 0 Å². The molecule has 0 aromatic rings. The van der Waals surface area contributed by atoms with Crippen molar-refractivity contribution in [1.29, 1.82) is 0 Å². The minimum absolute atomic E-state index is 0.113. The monoisotopic (exact) mass is 486 g/mol. The summed E-state index contributed by atoms with van der Waals surface area (Å²) in [6.07, 6.45) is 18.7. The van der Waals surface area contributed by atoms with Crippen molar-refractivity contribution < 1.29 is 10.2 Å². The van der Waals surface area contributed by atoms with Gasteiger partial charge >= 0.3 is 0 Å². The first-order chi connectivity index (χ1) is 16.4. The number of rotatable bonds is 5. The largest absolute Gasteiger partial charge is 0.393 e. The van der Waals surface area contributed by atoms with Gasteiger partial charge in [0.25, 0.3) is 0 Å². The summed E-state index contributed by atoms with van der Waals surface area (Å²) in [5.74, 6) is 5.22. The molecule has 5 saturated carbocycles. The molecule has 0 saturated heterocycles. The second kappa shape index (κ2) is 9.29. The molecule has 0 unspecified atom stereocenters.